The van der Waals surface area contributed by atoms with E-state index in [1.807, 2.05) is 0 Å². The average molecular weight is 197 g/mol. The smallest absolute Gasteiger partial charge is 0.358 e. The minimum atomic E-state index is -0.537. The Labute approximate surface area is 80.9 Å². The van der Waals surface area contributed by atoms with Gasteiger partial charge >= 0.3 is 5.97 Å². The van der Waals surface area contributed by atoms with Crippen LogP contribution in [0.3, 0.4) is 0 Å². The van der Waals surface area contributed by atoms with Gasteiger partial charge in [0.2, 0.25) is 0 Å². The Morgan fingerprint density at radius 1 is 1.64 bits per heavy atom. The van der Waals surface area contributed by atoms with Gasteiger partial charge in [-0.25, -0.2) is 9.78 Å². The van der Waals surface area contributed by atoms with Crippen LogP contribution in [-0.4, -0.2) is 41.3 Å². The first-order chi connectivity index (χ1) is 6.77. The molecule has 0 aliphatic carbocycles. The van der Waals surface area contributed by atoms with Crippen molar-refractivity contribution in [2.24, 2.45) is 0 Å². The highest BCUT2D eigenvalue weighted by Crippen LogP contribution is 2.02. The van der Waals surface area contributed by atoms with Crippen molar-refractivity contribution in [2.75, 3.05) is 25.6 Å². The van der Waals surface area contributed by atoms with E-state index < -0.39 is 5.97 Å². The molecule has 0 saturated heterocycles. The van der Waals surface area contributed by atoms with E-state index in [1.54, 1.807) is 0 Å². The molecule has 0 atom stereocenters. The maximum absolute atomic E-state index is 11.0. The molecule has 0 radical (unpaired) electrons. The van der Waals surface area contributed by atoms with Crippen LogP contribution in [0.15, 0.2) is 12.4 Å². The molecule has 0 unspecified atom stereocenters. The Hall–Kier alpha value is -1.69. The molecule has 0 aliphatic heterocycles. The number of ether oxygens (including phenoxy) is 1. The molecule has 6 nitrogen and oxygen atoms in total. The highest BCUT2D eigenvalue weighted by Gasteiger charge is 2.07. The third-order valence-corrected chi connectivity index (χ3v) is 1.45. The lowest BCUT2D eigenvalue weighted by molar-refractivity contribution is 0.0593. The number of anilines is 1. The number of nitrogens with zero attached hydrogens (tertiary/aromatic N) is 2. The summed E-state index contributed by atoms with van der Waals surface area (Å²) in [6.45, 7) is 0.351. The molecule has 0 saturated carbocycles. The molecule has 1 aromatic heterocycles. The van der Waals surface area contributed by atoms with Crippen molar-refractivity contribution in [2.45, 2.75) is 0 Å². The van der Waals surface area contributed by atoms with E-state index in [0.717, 1.165) is 0 Å². The zero-order valence-electron chi connectivity index (χ0n) is 7.73. The Balaban J connectivity index is 2.73. The molecule has 0 bridgehead atoms. The minimum Gasteiger partial charge on any atom is -0.464 e. The fourth-order valence-corrected chi connectivity index (χ4v) is 0.838. The van der Waals surface area contributed by atoms with Gasteiger partial charge in [-0.2, -0.15) is 0 Å². The van der Waals surface area contributed by atoms with E-state index in [-0.39, 0.29) is 12.3 Å². The number of hydrogen-bond acceptors (Lipinski definition) is 6. The number of carbonyl (C=O) groups is 1. The molecule has 76 valence electrons. The Kier molecular flexibility index (Phi) is 3.81. The molecule has 14 heavy (non-hydrogen) atoms. The number of hydrogen-bond donors (Lipinski definition) is 2. The SMILES string of the molecule is COC(=O)c1cncc(NCCO)n1. The van der Waals surface area contributed by atoms with Gasteiger partial charge in [-0.15, -0.1) is 0 Å². The molecule has 6 heteroatoms. The fourth-order valence-electron chi connectivity index (χ4n) is 0.838. The number of rotatable bonds is 4. The van der Waals surface area contributed by atoms with E-state index in [4.69, 9.17) is 5.11 Å². The largest absolute Gasteiger partial charge is 0.464 e. The van der Waals surface area contributed by atoms with Crippen LogP contribution in [0.1, 0.15) is 10.5 Å². The van der Waals surface area contributed by atoms with E-state index in [2.05, 4.69) is 20.0 Å². The monoisotopic (exact) mass is 197 g/mol. The van der Waals surface area contributed by atoms with Gasteiger partial charge in [0.15, 0.2) is 5.69 Å². The molecule has 1 heterocycles. The third kappa shape index (κ3) is 2.67. The van der Waals surface area contributed by atoms with Crippen LogP contribution >= 0.6 is 0 Å². The van der Waals surface area contributed by atoms with Gasteiger partial charge in [-0.1, -0.05) is 0 Å². The van der Waals surface area contributed by atoms with Crippen molar-refractivity contribution in [3.05, 3.63) is 18.1 Å². The summed E-state index contributed by atoms with van der Waals surface area (Å²) in [5, 5.41) is 11.3. The second-order valence-corrected chi connectivity index (χ2v) is 2.43. The van der Waals surface area contributed by atoms with Crippen LogP contribution in [-0.2, 0) is 4.74 Å². The van der Waals surface area contributed by atoms with E-state index in [1.165, 1.54) is 19.5 Å². The van der Waals surface area contributed by atoms with Crippen LogP contribution in [0.5, 0.6) is 0 Å². The molecular formula is C8H11N3O3. The lowest BCUT2D eigenvalue weighted by Gasteiger charge is -2.03. The van der Waals surface area contributed by atoms with Crippen molar-refractivity contribution in [1.29, 1.82) is 0 Å². The summed E-state index contributed by atoms with van der Waals surface area (Å²) in [5.74, 6) is -0.105. The summed E-state index contributed by atoms with van der Waals surface area (Å²) in [5.41, 5.74) is 0.135. The Morgan fingerprint density at radius 3 is 3.07 bits per heavy atom. The number of nitrogens with one attached hydrogen (secondary N) is 1. The third-order valence-electron chi connectivity index (χ3n) is 1.45. The Morgan fingerprint density at radius 2 is 2.43 bits per heavy atom. The topological polar surface area (TPSA) is 84.3 Å². The number of carbonyl (C=O) groups excluding carboxylic acids is 1. The van der Waals surface area contributed by atoms with Crippen molar-refractivity contribution >= 4 is 11.8 Å². The molecule has 1 aromatic rings. The van der Waals surface area contributed by atoms with Gasteiger partial charge in [-0.05, 0) is 0 Å². The zero-order chi connectivity index (χ0) is 10.4. The van der Waals surface area contributed by atoms with Gasteiger partial charge < -0.3 is 15.2 Å². The van der Waals surface area contributed by atoms with Crippen molar-refractivity contribution in [3.8, 4) is 0 Å². The molecule has 1 rings (SSSR count). The first kappa shape index (κ1) is 10.4. The van der Waals surface area contributed by atoms with Crippen LogP contribution in [0.2, 0.25) is 0 Å². The van der Waals surface area contributed by atoms with E-state index in [0.29, 0.717) is 12.4 Å². The van der Waals surface area contributed by atoms with Crippen molar-refractivity contribution in [3.63, 3.8) is 0 Å². The highest BCUT2D eigenvalue weighted by molar-refractivity contribution is 5.87. The van der Waals surface area contributed by atoms with Crippen molar-refractivity contribution in [1.82, 2.24) is 9.97 Å². The van der Waals surface area contributed by atoms with Crippen LogP contribution in [0.4, 0.5) is 5.82 Å². The summed E-state index contributed by atoms with van der Waals surface area (Å²) in [4.78, 5) is 18.8. The predicted octanol–water partition coefficient (Wildman–Crippen LogP) is -0.333. The number of aromatic nitrogens is 2. The van der Waals surface area contributed by atoms with E-state index in [9.17, 15) is 4.79 Å². The number of aliphatic hydroxyl groups excluding tert-OH is 1. The van der Waals surface area contributed by atoms with Crippen LogP contribution < -0.4 is 5.32 Å². The summed E-state index contributed by atoms with van der Waals surface area (Å²) < 4.78 is 4.48. The van der Waals surface area contributed by atoms with Gasteiger partial charge in [0.25, 0.3) is 0 Å². The molecule has 0 fully saturated rings. The summed E-state index contributed by atoms with van der Waals surface area (Å²) in [7, 11) is 1.28. The normalized spacial score (nSPS) is 9.57. The molecule has 0 aromatic carbocycles. The number of esters is 1. The molecule has 0 aliphatic rings. The summed E-state index contributed by atoms with van der Waals surface area (Å²) in [6.07, 6.45) is 2.78. The molecular weight excluding hydrogens is 186 g/mol. The minimum absolute atomic E-state index is 0.00979. The van der Waals surface area contributed by atoms with Gasteiger partial charge in [-0.3, -0.25) is 4.98 Å². The standard InChI is InChI=1S/C8H11N3O3/c1-14-8(13)6-4-9-5-7(11-6)10-2-3-12/h4-5,12H,2-3H2,1H3,(H,10,11). The Bertz CT molecular complexity index is 316. The first-order valence-electron chi connectivity index (χ1n) is 4.03. The second kappa shape index (κ2) is 5.13. The number of aliphatic hydroxyl groups is 1. The molecule has 2 N–H and O–H groups in total. The van der Waals surface area contributed by atoms with Crippen LogP contribution in [0, 0.1) is 0 Å². The lowest BCUT2D eigenvalue weighted by atomic mass is 10.4. The molecule has 0 amide bonds. The maximum atomic E-state index is 11.0. The molecule has 0 spiro atoms. The van der Waals surface area contributed by atoms with Crippen LogP contribution in [0.25, 0.3) is 0 Å². The number of methoxy groups -OCH3 is 1. The zero-order valence-corrected chi connectivity index (χ0v) is 7.73. The average Bonchev–Trinajstić information content (AvgIpc) is 2.25. The van der Waals surface area contributed by atoms with E-state index >= 15 is 0 Å². The quantitative estimate of drug-likeness (QED) is 0.643. The lowest BCUT2D eigenvalue weighted by Crippen LogP contribution is -2.11. The first-order valence-corrected chi connectivity index (χ1v) is 4.03. The van der Waals surface area contributed by atoms with Gasteiger partial charge in [0, 0.05) is 6.54 Å². The van der Waals surface area contributed by atoms with Crippen molar-refractivity contribution < 1.29 is 14.6 Å². The second-order valence-electron chi connectivity index (χ2n) is 2.43. The fraction of sp³-hybridized carbons (Fsp3) is 0.375. The highest BCUT2D eigenvalue weighted by atomic mass is 16.5. The predicted molar refractivity (Wildman–Crippen MR) is 48.9 cm³/mol. The van der Waals surface area contributed by atoms with Gasteiger partial charge in [0.05, 0.1) is 26.1 Å². The summed E-state index contributed by atoms with van der Waals surface area (Å²) >= 11 is 0. The maximum Gasteiger partial charge on any atom is 0.358 e. The summed E-state index contributed by atoms with van der Waals surface area (Å²) in [6, 6.07) is 0. The van der Waals surface area contributed by atoms with Gasteiger partial charge in [0.1, 0.15) is 5.82 Å².